The number of hydrogen-bond donors (Lipinski definition) is 1. The molecule has 7 heteroatoms. The summed E-state index contributed by atoms with van der Waals surface area (Å²) >= 11 is 0. The van der Waals surface area contributed by atoms with E-state index >= 15 is 0 Å². The van der Waals surface area contributed by atoms with Crippen LogP contribution in [-0.4, -0.2) is 34.9 Å². The van der Waals surface area contributed by atoms with Gasteiger partial charge in [-0.25, -0.2) is 0 Å². The summed E-state index contributed by atoms with van der Waals surface area (Å²) in [6.07, 6.45) is 0.829. The highest BCUT2D eigenvalue weighted by atomic mass is 16.6. The molecule has 1 saturated heterocycles. The molecule has 2 unspecified atom stereocenters. The first-order valence-electron chi connectivity index (χ1n) is 5.78. The van der Waals surface area contributed by atoms with Crippen molar-refractivity contribution in [2.75, 3.05) is 13.1 Å². The zero-order chi connectivity index (χ0) is 13.3. The van der Waals surface area contributed by atoms with E-state index < -0.39 is 10.8 Å². The molecule has 7 nitrogen and oxygen atoms in total. The average Bonchev–Trinajstić information content (AvgIpc) is 2.81. The molecule has 2 heterocycles. The highest BCUT2D eigenvalue weighted by Crippen LogP contribution is 2.21. The smallest absolute Gasteiger partial charge is 0.395 e. The highest BCUT2D eigenvalue weighted by molar-refractivity contribution is 5.91. The third-order valence-corrected chi connectivity index (χ3v) is 3.29. The van der Waals surface area contributed by atoms with E-state index in [0.29, 0.717) is 19.0 Å². The van der Waals surface area contributed by atoms with Crippen LogP contribution >= 0.6 is 0 Å². The number of likely N-dealkylation sites (tertiary alicyclic amines) is 1. The van der Waals surface area contributed by atoms with Gasteiger partial charge in [-0.3, -0.25) is 14.9 Å². The molecule has 2 N–H and O–H groups in total. The molecule has 0 spiro atoms. The Hall–Kier alpha value is -1.89. The standard InChI is InChI=1S/C11H15N3O4/c1-7-4-5-13(6-8(7)12)11(15)9-2-3-10(18-9)14(16)17/h2-3,7-8H,4-6,12H2,1H3. The van der Waals surface area contributed by atoms with Gasteiger partial charge in [-0.15, -0.1) is 0 Å². The number of amides is 1. The number of nitrogens with zero attached hydrogens (tertiary/aromatic N) is 2. The Morgan fingerprint density at radius 1 is 1.61 bits per heavy atom. The fourth-order valence-corrected chi connectivity index (χ4v) is 1.98. The lowest BCUT2D eigenvalue weighted by Crippen LogP contribution is -2.49. The van der Waals surface area contributed by atoms with Crippen LogP contribution in [0.3, 0.4) is 0 Å². The van der Waals surface area contributed by atoms with Gasteiger partial charge < -0.3 is 15.1 Å². The van der Waals surface area contributed by atoms with Crippen molar-refractivity contribution >= 4 is 11.8 Å². The number of carbonyl (C=O) groups excluding carboxylic acids is 1. The van der Waals surface area contributed by atoms with Gasteiger partial charge in [-0.2, -0.15) is 0 Å². The summed E-state index contributed by atoms with van der Waals surface area (Å²) in [5, 5.41) is 10.5. The van der Waals surface area contributed by atoms with E-state index in [4.69, 9.17) is 10.2 Å². The van der Waals surface area contributed by atoms with Gasteiger partial charge in [-0.1, -0.05) is 6.92 Å². The number of carbonyl (C=O) groups is 1. The normalized spacial score (nSPS) is 24.0. The van der Waals surface area contributed by atoms with Crippen LogP contribution in [-0.2, 0) is 0 Å². The molecule has 2 atom stereocenters. The first-order valence-corrected chi connectivity index (χ1v) is 5.78. The van der Waals surface area contributed by atoms with Crippen molar-refractivity contribution < 1.29 is 14.1 Å². The molecule has 0 radical (unpaired) electrons. The van der Waals surface area contributed by atoms with Crippen molar-refractivity contribution in [3.8, 4) is 0 Å². The first kappa shape index (κ1) is 12.6. The minimum absolute atomic E-state index is 0.0107. The Kier molecular flexibility index (Phi) is 3.33. The summed E-state index contributed by atoms with van der Waals surface area (Å²) in [5.41, 5.74) is 5.91. The maximum atomic E-state index is 12.0. The quantitative estimate of drug-likeness (QED) is 0.625. The molecule has 1 aromatic heterocycles. The maximum Gasteiger partial charge on any atom is 0.433 e. The van der Waals surface area contributed by atoms with Gasteiger partial charge >= 0.3 is 5.88 Å². The number of furan rings is 1. The van der Waals surface area contributed by atoms with Crippen LogP contribution in [0.2, 0.25) is 0 Å². The van der Waals surface area contributed by atoms with E-state index in [9.17, 15) is 14.9 Å². The van der Waals surface area contributed by atoms with Crippen molar-refractivity contribution in [1.29, 1.82) is 0 Å². The Balaban J connectivity index is 2.09. The topological polar surface area (TPSA) is 103 Å². The molecule has 1 aliphatic heterocycles. The first-order chi connectivity index (χ1) is 8.49. The third kappa shape index (κ3) is 2.35. The van der Waals surface area contributed by atoms with Crippen LogP contribution in [0, 0.1) is 16.0 Å². The van der Waals surface area contributed by atoms with Crippen molar-refractivity contribution in [1.82, 2.24) is 4.90 Å². The fraction of sp³-hybridized carbons (Fsp3) is 0.545. The highest BCUT2D eigenvalue weighted by Gasteiger charge is 2.29. The van der Waals surface area contributed by atoms with E-state index in [1.54, 1.807) is 4.90 Å². The molecule has 1 amide bonds. The van der Waals surface area contributed by atoms with Crippen LogP contribution in [0.5, 0.6) is 0 Å². The van der Waals surface area contributed by atoms with Gasteiger partial charge in [0, 0.05) is 19.1 Å². The molecule has 1 aliphatic rings. The predicted molar refractivity (Wildman–Crippen MR) is 63.0 cm³/mol. The molecule has 98 valence electrons. The molecule has 0 bridgehead atoms. The van der Waals surface area contributed by atoms with E-state index in [2.05, 4.69) is 0 Å². The minimum atomic E-state index is -0.666. The fourth-order valence-electron chi connectivity index (χ4n) is 1.98. The summed E-state index contributed by atoms with van der Waals surface area (Å²) in [5.74, 6) is -0.401. The monoisotopic (exact) mass is 253 g/mol. The minimum Gasteiger partial charge on any atom is -0.395 e. The summed E-state index contributed by atoms with van der Waals surface area (Å²) < 4.78 is 4.89. The van der Waals surface area contributed by atoms with E-state index in [0.717, 1.165) is 6.42 Å². The molecular formula is C11H15N3O4. The zero-order valence-electron chi connectivity index (χ0n) is 10.0. The van der Waals surface area contributed by atoms with Crippen molar-refractivity contribution in [3.05, 3.63) is 28.0 Å². The summed E-state index contributed by atoms with van der Waals surface area (Å²) in [4.78, 5) is 23.4. The number of rotatable bonds is 2. The summed E-state index contributed by atoms with van der Waals surface area (Å²) in [6, 6.07) is 2.44. The molecular weight excluding hydrogens is 238 g/mol. The molecule has 1 aromatic rings. The lowest BCUT2D eigenvalue weighted by Gasteiger charge is -2.34. The molecule has 0 saturated carbocycles. The number of nitrogens with two attached hydrogens (primary N) is 1. The van der Waals surface area contributed by atoms with Gasteiger partial charge in [0.15, 0.2) is 5.76 Å². The van der Waals surface area contributed by atoms with Crippen LogP contribution in [0.15, 0.2) is 16.5 Å². The Labute approximate surface area is 104 Å². The van der Waals surface area contributed by atoms with Gasteiger partial charge in [0.2, 0.25) is 0 Å². The second kappa shape index (κ2) is 4.77. The number of hydrogen-bond acceptors (Lipinski definition) is 5. The van der Waals surface area contributed by atoms with E-state index in [-0.39, 0.29) is 17.7 Å². The second-order valence-electron chi connectivity index (χ2n) is 4.58. The molecule has 1 fully saturated rings. The lowest BCUT2D eigenvalue weighted by atomic mass is 9.94. The van der Waals surface area contributed by atoms with Crippen molar-refractivity contribution in [2.24, 2.45) is 11.7 Å². The van der Waals surface area contributed by atoms with Crippen molar-refractivity contribution in [3.63, 3.8) is 0 Å². The third-order valence-electron chi connectivity index (χ3n) is 3.29. The Morgan fingerprint density at radius 2 is 2.33 bits per heavy atom. The largest absolute Gasteiger partial charge is 0.433 e. The lowest BCUT2D eigenvalue weighted by molar-refractivity contribution is -0.402. The Morgan fingerprint density at radius 3 is 2.89 bits per heavy atom. The summed E-state index contributed by atoms with van der Waals surface area (Å²) in [7, 11) is 0. The molecule has 0 aliphatic carbocycles. The van der Waals surface area contributed by atoms with Crippen LogP contribution in [0.25, 0.3) is 0 Å². The van der Waals surface area contributed by atoms with Gasteiger partial charge in [0.05, 0.1) is 6.07 Å². The maximum absolute atomic E-state index is 12.0. The SMILES string of the molecule is CC1CCN(C(=O)c2ccc([N+](=O)[O-])o2)CC1N. The molecule has 0 aromatic carbocycles. The van der Waals surface area contributed by atoms with E-state index in [1.165, 1.54) is 12.1 Å². The van der Waals surface area contributed by atoms with Gasteiger partial charge in [0.1, 0.15) is 4.92 Å². The van der Waals surface area contributed by atoms with Crippen LogP contribution < -0.4 is 5.73 Å². The zero-order valence-corrected chi connectivity index (χ0v) is 10.0. The number of nitro groups is 1. The van der Waals surface area contributed by atoms with Crippen LogP contribution in [0.1, 0.15) is 23.9 Å². The van der Waals surface area contributed by atoms with E-state index in [1.807, 2.05) is 6.92 Å². The molecule has 18 heavy (non-hydrogen) atoms. The van der Waals surface area contributed by atoms with Gasteiger partial charge in [-0.05, 0) is 18.4 Å². The predicted octanol–water partition coefficient (Wildman–Crippen LogP) is 0.997. The molecule has 2 rings (SSSR count). The second-order valence-corrected chi connectivity index (χ2v) is 4.58. The Bertz CT molecular complexity index is 471. The van der Waals surface area contributed by atoms with Gasteiger partial charge in [0.25, 0.3) is 5.91 Å². The van der Waals surface area contributed by atoms with Crippen LogP contribution in [0.4, 0.5) is 5.88 Å². The van der Waals surface area contributed by atoms with Crippen molar-refractivity contribution in [2.45, 2.75) is 19.4 Å². The average molecular weight is 253 g/mol. The number of piperidine rings is 1. The summed E-state index contributed by atoms with van der Waals surface area (Å²) in [6.45, 7) is 3.10.